The lowest BCUT2D eigenvalue weighted by molar-refractivity contribution is 0.131. The van der Waals surface area contributed by atoms with Crippen LogP contribution in [0, 0.1) is 6.92 Å². The van der Waals surface area contributed by atoms with Crippen LogP contribution < -0.4 is 15.2 Å². The number of aromatic nitrogens is 3. The molecule has 1 atom stereocenters. The van der Waals surface area contributed by atoms with E-state index in [1.807, 2.05) is 6.07 Å². The van der Waals surface area contributed by atoms with Crippen molar-refractivity contribution >= 4 is 5.82 Å². The van der Waals surface area contributed by atoms with E-state index < -0.39 is 0 Å². The number of nitrogens with zero attached hydrogens (tertiary/aromatic N) is 4. The Hall–Kier alpha value is -3.19. The van der Waals surface area contributed by atoms with Crippen LogP contribution in [0.15, 0.2) is 36.8 Å². The van der Waals surface area contributed by atoms with E-state index in [4.69, 9.17) is 20.2 Å². The number of hydrogen-bond acceptors (Lipinski definition) is 7. The third kappa shape index (κ3) is 3.45. The summed E-state index contributed by atoms with van der Waals surface area (Å²) >= 11 is 0. The predicted molar refractivity (Wildman–Crippen MR) is 114 cm³/mol. The normalized spacial score (nSPS) is 18.3. The molecule has 30 heavy (non-hydrogen) atoms. The zero-order valence-corrected chi connectivity index (χ0v) is 17.3. The number of fused-ring (bicyclic) bond motifs is 2. The van der Waals surface area contributed by atoms with Crippen molar-refractivity contribution in [1.29, 1.82) is 0 Å². The molecule has 0 saturated heterocycles. The van der Waals surface area contributed by atoms with Crippen LogP contribution in [0.5, 0.6) is 11.6 Å². The van der Waals surface area contributed by atoms with Crippen LogP contribution >= 0.6 is 0 Å². The Morgan fingerprint density at radius 2 is 2.17 bits per heavy atom. The maximum Gasteiger partial charge on any atom is 0.258 e. The molecule has 1 unspecified atom stereocenters. The number of rotatable bonds is 3. The molecule has 2 aliphatic rings. The van der Waals surface area contributed by atoms with Gasteiger partial charge in [0.25, 0.3) is 5.88 Å². The highest BCUT2D eigenvalue weighted by Gasteiger charge is 2.25. The minimum Gasteiger partial charge on any atom is -0.491 e. The van der Waals surface area contributed by atoms with Gasteiger partial charge in [-0.25, -0.2) is 9.97 Å². The number of nitrogens with two attached hydrogens (primary N) is 1. The molecule has 2 aromatic heterocycles. The number of aryl methyl sites for hydroxylation is 1. The number of pyridine rings is 1. The highest BCUT2D eigenvalue weighted by atomic mass is 16.5. The quantitative estimate of drug-likeness (QED) is 0.718. The molecule has 7 heteroatoms. The van der Waals surface area contributed by atoms with E-state index in [1.165, 1.54) is 16.7 Å². The van der Waals surface area contributed by atoms with Crippen molar-refractivity contribution in [2.24, 2.45) is 0 Å². The molecule has 154 valence electrons. The Morgan fingerprint density at radius 1 is 1.27 bits per heavy atom. The Bertz CT molecular complexity index is 1100. The van der Waals surface area contributed by atoms with Gasteiger partial charge in [0.1, 0.15) is 11.9 Å². The third-order valence-corrected chi connectivity index (χ3v) is 5.87. The lowest BCUT2D eigenvalue weighted by atomic mass is 9.92. The van der Waals surface area contributed by atoms with Crippen molar-refractivity contribution in [3.8, 4) is 22.9 Å². The largest absolute Gasteiger partial charge is 0.491 e. The van der Waals surface area contributed by atoms with Gasteiger partial charge in [-0.3, -0.25) is 4.98 Å². The number of ether oxygens (including phenoxy) is 2. The zero-order chi connectivity index (χ0) is 20.7. The first-order valence-electron chi connectivity index (χ1n) is 10.3. The Labute approximate surface area is 175 Å². The molecule has 0 spiro atoms. The van der Waals surface area contributed by atoms with Crippen molar-refractivity contribution in [2.75, 3.05) is 25.9 Å². The Kier molecular flexibility index (Phi) is 4.75. The lowest BCUT2D eigenvalue weighted by Gasteiger charge is -2.27. The van der Waals surface area contributed by atoms with Crippen molar-refractivity contribution in [2.45, 2.75) is 32.4 Å². The first-order chi connectivity index (χ1) is 14.6. The molecule has 0 fully saturated rings. The Balaban J connectivity index is 1.48. The molecule has 3 aromatic rings. The van der Waals surface area contributed by atoms with Crippen LogP contribution in [-0.4, -0.2) is 40.1 Å². The summed E-state index contributed by atoms with van der Waals surface area (Å²) in [4.78, 5) is 15.6. The van der Waals surface area contributed by atoms with Gasteiger partial charge < -0.3 is 20.1 Å². The van der Waals surface area contributed by atoms with Crippen LogP contribution in [0.1, 0.15) is 34.8 Å². The highest BCUT2D eigenvalue weighted by Crippen LogP contribution is 2.36. The molecule has 0 amide bonds. The topological polar surface area (TPSA) is 86.4 Å². The van der Waals surface area contributed by atoms with Crippen molar-refractivity contribution in [3.05, 3.63) is 59.0 Å². The fourth-order valence-corrected chi connectivity index (χ4v) is 4.28. The van der Waals surface area contributed by atoms with Crippen LogP contribution in [0.4, 0.5) is 5.82 Å². The second kappa shape index (κ2) is 7.57. The molecular weight excluding hydrogens is 378 g/mol. The first-order valence-corrected chi connectivity index (χ1v) is 10.3. The summed E-state index contributed by atoms with van der Waals surface area (Å²) in [6.45, 7) is 4.77. The van der Waals surface area contributed by atoms with E-state index in [9.17, 15) is 0 Å². The summed E-state index contributed by atoms with van der Waals surface area (Å²) in [6, 6.07) is 6.32. The summed E-state index contributed by atoms with van der Waals surface area (Å²) in [7, 11) is 2.15. The van der Waals surface area contributed by atoms with E-state index in [0.717, 1.165) is 42.1 Å². The smallest absolute Gasteiger partial charge is 0.258 e. The zero-order valence-electron chi connectivity index (χ0n) is 17.3. The fourth-order valence-electron chi connectivity index (χ4n) is 4.28. The maximum absolute atomic E-state index is 6.22. The summed E-state index contributed by atoms with van der Waals surface area (Å²) in [5, 5.41) is 0. The molecule has 2 N–H and O–H groups in total. The van der Waals surface area contributed by atoms with Gasteiger partial charge >= 0.3 is 0 Å². The lowest BCUT2D eigenvalue weighted by Crippen LogP contribution is -2.27. The number of hydrogen-bond donors (Lipinski definition) is 1. The van der Waals surface area contributed by atoms with Gasteiger partial charge in [-0.2, -0.15) is 0 Å². The van der Waals surface area contributed by atoms with E-state index in [2.05, 4.69) is 41.0 Å². The molecule has 1 aromatic carbocycles. The monoisotopic (exact) mass is 403 g/mol. The molecule has 4 heterocycles. The van der Waals surface area contributed by atoms with Gasteiger partial charge in [0, 0.05) is 36.8 Å². The second-order valence-electron chi connectivity index (χ2n) is 8.02. The van der Waals surface area contributed by atoms with Gasteiger partial charge in [-0.15, -0.1) is 0 Å². The number of likely N-dealkylation sites (N-methyl/N-ethyl adjacent to an activating group) is 1. The summed E-state index contributed by atoms with van der Waals surface area (Å²) < 4.78 is 11.9. The molecule has 2 aliphatic heterocycles. The van der Waals surface area contributed by atoms with E-state index in [1.54, 1.807) is 18.6 Å². The SMILES string of the molecule is Cc1cc(-c2cnc(N)c(OC3CCOc4cnccc43)n2)cc2c1CCN(C)C2. The van der Waals surface area contributed by atoms with Crippen LogP contribution in [0.3, 0.4) is 0 Å². The standard InChI is InChI=1S/C23H25N5O2/c1-14-9-15(10-16-13-28(2)7-4-17(14)16)19-11-26-22(24)23(27-19)30-20-5-8-29-21-12-25-6-3-18(20)21/h3,6,9-12,20H,4-5,7-8,13H2,1-2H3,(H2,24,26). The molecule has 0 radical (unpaired) electrons. The van der Waals surface area contributed by atoms with Crippen molar-refractivity contribution < 1.29 is 9.47 Å². The summed E-state index contributed by atoms with van der Waals surface area (Å²) in [6.07, 6.45) is 6.77. The minimum absolute atomic E-state index is 0.192. The Morgan fingerprint density at radius 3 is 3.07 bits per heavy atom. The van der Waals surface area contributed by atoms with Crippen LogP contribution in [-0.2, 0) is 13.0 Å². The summed E-state index contributed by atoms with van der Waals surface area (Å²) in [5.41, 5.74) is 13.0. The number of anilines is 1. The molecule has 7 nitrogen and oxygen atoms in total. The average Bonchev–Trinajstić information content (AvgIpc) is 2.75. The highest BCUT2D eigenvalue weighted by molar-refractivity contribution is 5.64. The molecule has 0 saturated carbocycles. The second-order valence-corrected chi connectivity index (χ2v) is 8.02. The third-order valence-electron chi connectivity index (χ3n) is 5.87. The predicted octanol–water partition coefficient (Wildman–Crippen LogP) is 3.32. The van der Waals surface area contributed by atoms with Gasteiger partial charge in [-0.1, -0.05) is 0 Å². The molecular formula is C23H25N5O2. The van der Waals surface area contributed by atoms with Gasteiger partial charge in [0.15, 0.2) is 5.82 Å². The average molecular weight is 403 g/mol. The fraction of sp³-hybridized carbons (Fsp3) is 0.348. The first kappa shape index (κ1) is 18.8. The van der Waals surface area contributed by atoms with E-state index >= 15 is 0 Å². The van der Waals surface area contributed by atoms with Gasteiger partial charge in [0.05, 0.1) is 24.7 Å². The summed E-state index contributed by atoms with van der Waals surface area (Å²) in [5.74, 6) is 1.38. The van der Waals surface area contributed by atoms with Crippen molar-refractivity contribution in [1.82, 2.24) is 19.9 Å². The van der Waals surface area contributed by atoms with Gasteiger partial charge in [0.2, 0.25) is 0 Å². The van der Waals surface area contributed by atoms with E-state index in [-0.39, 0.29) is 11.9 Å². The molecule has 5 rings (SSSR count). The number of benzene rings is 1. The van der Waals surface area contributed by atoms with Crippen LogP contribution in [0.25, 0.3) is 11.3 Å². The number of nitrogen functional groups attached to an aromatic ring is 1. The van der Waals surface area contributed by atoms with E-state index in [0.29, 0.717) is 18.9 Å². The van der Waals surface area contributed by atoms with Gasteiger partial charge in [-0.05, 0) is 55.3 Å². The van der Waals surface area contributed by atoms with Crippen molar-refractivity contribution in [3.63, 3.8) is 0 Å². The molecule has 0 aliphatic carbocycles. The molecule has 0 bridgehead atoms. The van der Waals surface area contributed by atoms with Crippen LogP contribution in [0.2, 0.25) is 0 Å². The maximum atomic E-state index is 6.22. The minimum atomic E-state index is -0.192.